The largest absolute Gasteiger partial charge is 0.494 e. The Morgan fingerprint density at radius 3 is 2.43 bits per heavy atom. The summed E-state index contributed by atoms with van der Waals surface area (Å²) < 4.78 is 5.79. The molecule has 2 aromatic carbocycles. The van der Waals surface area contributed by atoms with E-state index in [1.54, 1.807) is 0 Å². The number of anilines is 1. The van der Waals surface area contributed by atoms with Crippen LogP contribution in [0.3, 0.4) is 0 Å². The van der Waals surface area contributed by atoms with Crippen LogP contribution in [0.4, 0.5) is 5.69 Å². The Hall–Kier alpha value is -1.96. The van der Waals surface area contributed by atoms with Gasteiger partial charge in [0.1, 0.15) is 5.75 Å². The zero-order chi connectivity index (χ0) is 16.3. The Bertz CT molecular complexity index is 562. The molecule has 0 unspecified atom stereocenters. The zero-order valence-electron chi connectivity index (χ0n) is 14.5. The molecule has 2 rings (SSSR count). The minimum Gasteiger partial charge on any atom is -0.494 e. The van der Waals surface area contributed by atoms with Gasteiger partial charge in [0.2, 0.25) is 0 Å². The molecule has 0 aliphatic rings. The first-order valence-electron chi connectivity index (χ1n) is 8.80. The molecule has 0 heterocycles. The number of hydrogen-bond donors (Lipinski definition) is 1. The first kappa shape index (κ1) is 17.4. The van der Waals surface area contributed by atoms with Crippen LogP contribution >= 0.6 is 0 Å². The summed E-state index contributed by atoms with van der Waals surface area (Å²) in [5.74, 6) is 0.960. The summed E-state index contributed by atoms with van der Waals surface area (Å²) in [4.78, 5) is 0. The van der Waals surface area contributed by atoms with Crippen LogP contribution in [-0.4, -0.2) is 6.61 Å². The van der Waals surface area contributed by atoms with E-state index in [1.165, 1.54) is 36.8 Å². The van der Waals surface area contributed by atoms with Crippen molar-refractivity contribution in [1.29, 1.82) is 0 Å². The number of ether oxygens (including phenoxy) is 1. The van der Waals surface area contributed by atoms with Gasteiger partial charge in [-0.25, -0.2) is 0 Å². The Kier molecular flexibility index (Phi) is 7.51. The van der Waals surface area contributed by atoms with E-state index >= 15 is 0 Å². The van der Waals surface area contributed by atoms with Gasteiger partial charge in [0, 0.05) is 12.2 Å². The fraction of sp³-hybridized carbons (Fsp3) is 0.429. The first-order valence-corrected chi connectivity index (χ1v) is 8.80. The Morgan fingerprint density at radius 1 is 0.913 bits per heavy atom. The van der Waals surface area contributed by atoms with Gasteiger partial charge in [-0.05, 0) is 43.2 Å². The highest BCUT2D eigenvalue weighted by Crippen LogP contribution is 2.17. The van der Waals surface area contributed by atoms with E-state index in [9.17, 15) is 0 Å². The molecular weight excluding hydrogens is 282 g/mol. The number of unbranched alkanes of at least 4 members (excludes halogenated alkanes) is 4. The summed E-state index contributed by atoms with van der Waals surface area (Å²) in [6.45, 7) is 6.03. The molecule has 0 aliphatic carbocycles. The predicted molar refractivity (Wildman–Crippen MR) is 99.2 cm³/mol. The van der Waals surface area contributed by atoms with Crippen LogP contribution in [-0.2, 0) is 6.54 Å². The van der Waals surface area contributed by atoms with Crippen molar-refractivity contribution >= 4 is 5.69 Å². The lowest BCUT2D eigenvalue weighted by molar-refractivity contribution is 0.304. The van der Waals surface area contributed by atoms with Crippen molar-refractivity contribution < 1.29 is 4.74 Å². The van der Waals surface area contributed by atoms with Gasteiger partial charge < -0.3 is 10.1 Å². The number of hydrogen-bond acceptors (Lipinski definition) is 2. The number of benzene rings is 2. The molecule has 0 aromatic heterocycles. The van der Waals surface area contributed by atoms with Gasteiger partial charge in [0.15, 0.2) is 0 Å². The summed E-state index contributed by atoms with van der Waals surface area (Å²) >= 11 is 0. The molecule has 2 aromatic rings. The molecule has 0 spiro atoms. The van der Waals surface area contributed by atoms with Crippen LogP contribution in [0.5, 0.6) is 5.75 Å². The molecule has 0 bridgehead atoms. The van der Waals surface area contributed by atoms with Gasteiger partial charge >= 0.3 is 0 Å². The second-order valence-corrected chi connectivity index (χ2v) is 6.13. The van der Waals surface area contributed by atoms with Crippen LogP contribution in [0.1, 0.15) is 50.2 Å². The van der Waals surface area contributed by atoms with E-state index in [0.29, 0.717) is 0 Å². The number of nitrogens with one attached hydrogen (secondary N) is 1. The highest BCUT2D eigenvalue weighted by Gasteiger charge is 1.97. The fourth-order valence-electron chi connectivity index (χ4n) is 2.59. The van der Waals surface area contributed by atoms with E-state index in [-0.39, 0.29) is 0 Å². The predicted octanol–water partition coefficient (Wildman–Crippen LogP) is 5.96. The summed E-state index contributed by atoms with van der Waals surface area (Å²) in [6, 6.07) is 16.8. The Morgan fingerprint density at radius 2 is 1.70 bits per heavy atom. The molecule has 2 nitrogen and oxygen atoms in total. The van der Waals surface area contributed by atoms with Gasteiger partial charge in [0.05, 0.1) is 6.61 Å². The van der Waals surface area contributed by atoms with Gasteiger partial charge in [0.25, 0.3) is 0 Å². The number of rotatable bonds is 10. The monoisotopic (exact) mass is 311 g/mol. The lowest BCUT2D eigenvalue weighted by Crippen LogP contribution is -2.00. The molecule has 0 saturated heterocycles. The van der Waals surface area contributed by atoms with Gasteiger partial charge in [-0.3, -0.25) is 0 Å². The quantitative estimate of drug-likeness (QED) is 0.547. The molecule has 23 heavy (non-hydrogen) atoms. The molecule has 0 atom stereocenters. The molecule has 0 aliphatic heterocycles. The maximum absolute atomic E-state index is 5.79. The third kappa shape index (κ3) is 6.77. The minimum atomic E-state index is 0.819. The van der Waals surface area contributed by atoms with Crippen molar-refractivity contribution in [2.75, 3.05) is 11.9 Å². The first-order chi connectivity index (χ1) is 11.3. The van der Waals surface area contributed by atoms with Gasteiger partial charge in [-0.2, -0.15) is 0 Å². The van der Waals surface area contributed by atoms with Crippen LogP contribution in [0.2, 0.25) is 0 Å². The number of aryl methyl sites for hydroxylation is 1. The maximum atomic E-state index is 5.79. The second kappa shape index (κ2) is 9.94. The molecule has 1 N–H and O–H groups in total. The van der Waals surface area contributed by atoms with Crippen molar-refractivity contribution in [3.05, 3.63) is 59.7 Å². The van der Waals surface area contributed by atoms with E-state index in [1.807, 2.05) is 12.1 Å². The summed E-state index contributed by atoms with van der Waals surface area (Å²) in [5.41, 5.74) is 3.73. The molecule has 0 radical (unpaired) electrons. The van der Waals surface area contributed by atoms with Crippen LogP contribution in [0.15, 0.2) is 48.5 Å². The average Bonchev–Trinajstić information content (AvgIpc) is 2.57. The molecule has 0 saturated carbocycles. The summed E-state index contributed by atoms with van der Waals surface area (Å²) in [6.07, 6.45) is 6.36. The molecule has 0 fully saturated rings. The highest BCUT2D eigenvalue weighted by atomic mass is 16.5. The molecule has 2 heteroatoms. The van der Waals surface area contributed by atoms with Crippen molar-refractivity contribution in [1.82, 2.24) is 0 Å². The fourth-order valence-corrected chi connectivity index (χ4v) is 2.59. The molecule has 124 valence electrons. The van der Waals surface area contributed by atoms with Crippen molar-refractivity contribution in [3.8, 4) is 5.75 Å². The van der Waals surface area contributed by atoms with E-state index in [2.05, 4.69) is 55.6 Å². The lowest BCUT2D eigenvalue weighted by Gasteiger charge is -2.09. The smallest absolute Gasteiger partial charge is 0.119 e. The van der Waals surface area contributed by atoms with Gasteiger partial charge in [-0.15, -0.1) is 0 Å². The average molecular weight is 311 g/mol. The lowest BCUT2D eigenvalue weighted by atomic mass is 10.1. The third-order valence-electron chi connectivity index (χ3n) is 3.95. The molecular formula is C21H29NO. The normalized spacial score (nSPS) is 10.5. The second-order valence-electron chi connectivity index (χ2n) is 6.13. The van der Waals surface area contributed by atoms with E-state index in [4.69, 9.17) is 4.74 Å². The topological polar surface area (TPSA) is 21.3 Å². The maximum Gasteiger partial charge on any atom is 0.119 e. The Labute approximate surface area is 140 Å². The third-order valence-corrected chi connectivity index (χ3v) is 3.95. The Balaban J connectivity index is 1.70. The van der Waals surface area contributed by atoms with Crippen LogP contribution in [0.25, 0.3) is 0 Å². The summed E-state index contributed by atoms with van der Waals surface area (Å²) in [5, 5.41) is 3.45. The van der Waals surface area contributed by atoms with E-state index < -0.39 is 0 Å². The van der Waals surface area contributed by atoms with E-state index in [0.717, 1.165) is 31.0 Å². The van der Waals surface area contributed by atoms with Gasteiger partial charge in [-0.1, -0.05) is 62.4 Å². The van der Waals surface area contributed by atoms with Crippen molar-refractivity contribution in [3.63, 3.8) is 0 Å². The standard InChI is InChI=1S/C21H29NO/c1-3-4-5-6-7-15-23-21-13-11-20(12-14-21)22-17-19-10-8-9-18(2)16-19/h8-14,16,22H,3-7,15,17H2,1-2H3. The zero-order valence-corrected chi connectivity index (χ0v) is 14.5. The highest BCUT2D eigenvalue weighted by molar-refractivity contribution is 5.46. The summed E-state index contributed by atoms with van der Waals surface area (Å²) in [7, 11) is 0. The SMILES string of the molecule is CCCCCCCOc1ccc(NCc2cccc(C)c2)cc1. The van der Waals surface area contributed by atoms with Crippen molar-refractivity contribution in [2.45, 2.75) is 52.5 Å². The van der Waals surface area contributed by atoms with Crippen LogP contribution < -0.4 is 10.1 Å². The van der Waals surface area contributed by atoms with Crippen molar-refractivity contribution in [2.24, 2.45) is 0 Å². The van der Waals surface area contributed by atoms with Crippen LogP contribution in [0, 0.1) is 6.92 Å². The minimum absolute atomic E-state index is 0.819. The molecule has 0 amide bonds.